The third-order valence-corrected chi connectivity index (χ3v) is 2.52. The van der Waals surface area contributed by atoms with Crippen LogP contribution in [0.3, 0.4) is 0 Å². The van der Waals surface area contributed by atoms with Crippen molar-refractivity contribution in [1.29, 1.82) is 0 Å². The lowest BCUT2D eigenvalue weighted by Crippen LogP contribution is -1.93. The van der Waals surface area contributed by atoms with Crippen molar-refractivity contribution in [3.05, 3.63) is 29.8 Å². The van der Waals surface area contributed by atoms with Gasteiger partial charge >= 0.3 is 0 Å². The summed E-state index contributed by atoms with van der Waals surface area (Å²) in [6.07, 6.45) is 0. The van der Waals surface area contributed by atoms with E-state index in [4.69, 9.17) is 0 Å². The van der Waals surface area contributed by atoms with Crippen LogP contribution < -0.4 is 0 Å². The Balaban J connectivity index is 2.62. The second kappa shape index (κ2) is 1.52. The molecule has 0 aliphatic carbocycles. The third-order valence-electron chi connectivity index (χ3n) is 1.36. The Bertz CT molecular complexity index is 182. The average molecular weight is 122 g/mol. The summed E-state index contributed by atoms with van der Waals surface area (Å²) >= 11 is 1.93. The Morgan fingerprint density at radius 2 is 2.12 bits per heavy atom. The van der Waals surface area contributed by atoms with Gasteiger partial charge in [-0.25, -0.2) is 0 Å². The van der Waals surface area contributed by atoms with Crippen LogP contribution in [0.4, 0.5) is 0 Å². The number of fused-ring (bicyclic) bond motifs is 1. The highest BCUT2D eigenvalue weighted by molar-refractivity contribution is 7.99. The number of hydrogen-bond donors (Lipinski definition) is 0. The van der Waals surface area contributed by atoms with Crippen molar-refractivity contribution in [2.75, 3.05) is 0 Å². The quantitative estimate of drug-likeness (QED) is 0.508. The van der Waals surface area contributed by atoms with Gasteiger partial charge in [0.15, 0.2) is 0 Å². The zero-order valence-corrected chi connectivity index (χ0v) is 5.24. The molecule has 1 aliphatic heterocycles. The maximum Gasteiger partial charge on any atom is 0.0243 e. The van der Waals surface area contributed by atoms with Crippen LogP contribution in [-0.4, -0.2) is 0 Å². The summed E-state index contributed by atoms with van der Waals surface area (Å²) in [5.41, 5.74) is 1.51. The van der Waals surface area contributed by atoms with E-state index in [2.05, 4.69) is 24.3 Å². The summed E-state index contributed by atoms with van der Waals surface area (Å²) in [5.74, 6) is 1.22. The minimum Gasteiger partial charge on any atom is -0.121 e. The first-order chi connectivity index (χ1) is 3.97. The molecule has 1 heterocycles. The summed E-state index contributed by atoms with van der Waals surface area (Å²) in [7, 11) is 0. The highest BCUT2D eigenvalue weighted by Crippen LogP contribution is 2.36. The molecule has 0 fully saturated rings. The first-order valence-corrected chi connectivity index (χ1v) is 3.66. The van der Waals surface area contributed by atoms with Gasteiger partial charge < -0.3 is 0 Å². The van der Waals surface area contributed by atoms with Crippen molar-refractivity contribution in [1.82, 2.24) is 0 Å². The fraction of sp³-hybridized carbons (Fsp3) is 0.143. The van der Waals surface area contributed by atoms with E-state index in [1.54, 1.807) is 0 Å². The molecule has 1 aliphatic rings. The van der Waals surface area contributed by atoms with Crippen LogP contribution in [0, 0.1) is 0 Å². The Labute approximate surface area is 52.9 Å². The highest BCUT2D eigenvalue weighted by atomic mass is 32.2. The molecule has 1 heteroatoms. The number of hydrogen-bond acceptors (Lipinski definition) is 1. The average Bonchev–Trinajstić information content (AvgIpc) is 1.72. The van der Waals surface area contributed by atoms with Crippen LogP contribution in [0.1, 0.15) is 5.56 Å². The van der Waals surface area contributed by atoms with Gasteiger partial charge in [0.25, 0.3) is 0 Å². The van der Waals surface area contributed by atoms with Crippen LogP contribution in [0.2, 0.25) is 0 Å². The summed E-state index contributed by atoms with van der Waals surface area (Å²) in [4.78, 5) is 1.47. The second-order valence-electron chi connectivity index (χ2n) is 1.90. The molecule has 0 radical (unpaired) electrons. The fourth-order valence-electron chi connectivity index (χ4n) is 0.839. The van der Waals surface area contributed by atoms with Crippen LogP contribution in [0.25, 0.3) is 0 Å². The molecule has 0 saturated carbocycles. The summed E-state index contributed by atoms with van der Waals surface area (Å²) in [6, 6.07) is 8.54. The van der Waals surface area contributed by atoms with E-state index in [0.29, 0.717) is 0 Å². The molecule has 0 saturated heterocycles. The molecular weight excluding hydrogens is 116 g/mol. The van der Waals surface area contributed by atoms with Gasteiger partial charge in [-0.3, -0.25) is 0 Å². The molecule has 8 heavy (non-hydrogen) atoms. The monoisotopic (exact) mass is 122 g/mol. The molecule has 0 unspecified atom stereocenters. The maximum atomic E-state index is 2.19. The van der Waals surface area contributed by atoms with Crippen molar-refractivity contribution in [2.24, 2.45) is 0 Å². The van der Waals surface area contributed by atoms with Crippen LogP contribution in [-0.2, 0) is 5.75 Å². The molecular formula is C7H6S. The molecule has 0 bridgehead atoms. The Kier molecular flexibility index (Phi) is 0.847. The first-order valence-electron chi connectivity index (χ1n) is 2.67. The molecule has 0 nitrogen and oxygen atoms in total. The smallest absolute Gasteiger partial charge is 0.0243 e. The van der Waals surface area contributed by atoms with Crippen molar-refractivity contribution in [3.63, 3.8) is 0 Å². The molecule has 0 amide bonds. The van der Waals surface area contributed by atoms with Crippen molar-refractivity contribution >= 4 is 11.8 Å². The predicted octanol–water partition coefficient (Wildman–Crippen LogP) is 2.29. The van der Waals surface area contributed by atoms with E-state index >= 15 is 0 Å². The van der Waals surface area contributed by atoms with Crippen molar-refractivity contribution in [2.45, 2.75) is 10.6 Å². The van der Waals surface area contributed by atoms with E-state index in [0.717, 1.165) is 0 Å². The predicted molar refractivity (Wildman–Crippen MR) is 36.0 cm³/mol. The Morgan fingerprint density at radius 1 is 1.25 bits per heavy atom. The molecule has 1 aromatic rings. The number of thioether (sulfide) groups is 1. The van der Waals surface area contributed by atoms with Gasteiger partial charge in [-0.15, -0.1) is 11.8 Å². The van der Waals surface area contributed by atoms with E-state index in [9.17, 15) is 0 Å². The summed E-state index contributed by atoms with van der Waals surface area (Å²) in [5, 5.41) is 0. The Morgan fingerprint density at radius 3 is 2.50 bits per heavy atom. The second-order valence-corrected chi connectivity index (χ2v) is 2.91. The highest BCUT2D eigenvalue weighted by Gasteiger charge is 2.10. The zero-order chi connectivity index (χ0) is 5.40. The third kappa shape index (κ3) is 0.480. The summed E-state index contributed by atoms with van der Waals surface area (Å²) in [6.45, 7) is 0. The molecule has 0 aromatic heterocycles. The van der Waals surface area contributed by atoms with Gasteiger partial charge in [-0.05, 0) is 11.6 Å². The van der Waals surface area contributed by atoms with Gasteiger partial charge in [0.05, 0.1) is 0 Å². The van der Waals surface area contributed by atoms with Gasteiger partial charge in [-0.1, -0.05) is 18.2 Å². The minimum absolute atomic E-state index is 1.22. The standard InChI is InChI=1S/C7H6S/c1-2-4-7-6(3-1)5-8-7/h1-4H,5H2. The van der Waals surface area contributed by atoms with Crippen LogP contribution >= 0.6 is 11.8 Å². The topological polar surface area (TPSA) is 0 Å². The van der Waals surface area contributed by atoms with E-state index in [1.165, 1.54) is 16.2 Å². The van der Waals surface area contributed by atoms with Gasteiger partial charge in [0.2, 0.25) is 0 Å². The number of benzene rings is 1. The molecule has 1 aromatic carbocycles. The molecule has 40 valence electrons. The van der Waals surface area contributed by atoms with Gasteiger partial charge in [-0.2, -0.15) is 0 Å². The molecule has 0 N–H and O–H groups in total. The van der Waals surface area contributed by atoms with E-state index in [1.807, 2.05) is 11.8 Å². The summed E-state index contributed by atoms with van der Waals surface area (Å²) < 4.78 is 0. The van der Waals surface area contributed by atoms with Crippen LogP contribution in [0.15, 0.2) is 29.2 Å². The van der Waals surface area contributed by atoms with E-state index < -0.39 is 0 Å². The first kappa shape index (κ1) is 4.45. The Hall–Kier alpha value is -0.430. The van der Waals surface area contributed by atoms with Crippen molar-refractivity contribution < 1.29 is 0 Å². The van der Waals surface area contributed by atoms with Gasteiger partial charge in [0.1, 0.15) is 0 Å². The largest absolute Gasteiger partial charge is 0.121 e. The van der Waals surface area contributed by atoms with E-state index in [-0.39, 0.29) is 0 Å². The minimum atomic E-state index is 1.22. The lowest BCUT2D eigenvalue weighted by Gasteiger charge is -2.15. The zero-order valence-electron chi connectivity index (χ0n) is 4.42. The SMILES string of the molecule is c1ccc2c(c1)CS2. The number of rotatable bonds is 0. The normalized spacial score (nSPS) is 14.5. The van der Waals surface area contributed by atoms with Crippen molar-refractivity contribution in [3.8, 4) is 0 Å². The van der Waals surface area contributed by atoms with Crippen LogP contribution in [0.5, 0.6) is 0 Å². The lowest BCUT2D eigenvalue weighted by atomic mass is 10.2. The molecule has 0 atom stereocenters. The maximum absolute atomic E-state index is 2.19. The molecule has 2 rings (SSSR count). The molecule has 0 spiro atoms. The lowest BCUT2D eigenvalue weighted by molar-refractivity contribution is 1.20. The van der Waals surface area contributed by atoms with Gasteiger partial charge in [0, 0.05) is 10.6 Å². The fourth-order valence-corrected chi connectivity index (χ4v) is 1.66.